The molecule has 30 heteroatoms. The van der Waals surface area contributed by atoms with Crippen LogP contribution < -0.4 is 10.6 Å². The molecule has 8 N–H and O–H groups in total. The summed E-state index contributed by atoms with van der Waals surface area (Å²) in [6, 6.07) is 9.29. The Kier molecular flexibility index (Phi) is 11.8. The molecule has 0 amide bonds. The second-order valence-corrected chi connectivity index (χ2v) is 18.7. The summed E-state index contributed by atoms with van der Waals surface area (Å²) in [6.45, 7) is -0.994. The Labute approximate surface area is 326 Å². The van der Waals surface area contributed by atoms with E-state index in [1.165, 1.54) is 12.1 Å². The number of nitrogens with zero attached hydrogens (tertiary/aromatic N) is 5. The number of aromatic hydroxyl groups is 2. The van der Waals surface area contributed by atoms with E-state index in [2.05, 4.69) is 40.0 Å². The van der Waals surface area contributed by atoms with Crippen molar-refractivity contribution in [3.05, 3.63) is 65.9 Å². The second-order valence-electron chi connectivity index (χ2n) is 11.0. The van der Waals surface area contributed by atoms with Crippen LogP contribution in [0.15, 0.2) is 90.5 Å². The summed E-state index contributed by atoms with van der Waals surface area (Å²) in [6.07, 6.45) is 0. The molecule has 5 aromatic rings. The van der Waals surface area contributed by atoms with Crippen LogP contribution in [-0.2, 0) is 54.8 Å². The maximum absolute atomic E-state index is 12.5. The SMILES string of the molecule is O=S(=O)(O)OCCS(=O)(=O)c1ccc(/N=N/c2c(S(=O)(=O)O)cc3c(S(=O)(=O)O)ccc(Nc4nc(Cl)nc(Nc5cccc(S(=O)(=O)O)c5)n4)c3c2O)c(O)c1. The molecule has 0 aliphatic carbocycles. The van der Waals surface area contributed by atoms with Crippen LogP contribution in [0.4, 0.5) is 34.6 Å². The zero-order valence-corrected chi connectivity index (χ0v) is 32.4. The van der Waals surface area contributed by atoms with Crippen molar-refractivity contribution in [1.29, 1.82) is 0 Å². The first-order valence-electron chi connectivity index (χ1n) is 14.6. The average Bonchev–Trinajstić information content (AvgIpc) is 3.06. The smallest absolute Gasteiger partial charge is 0.397 e. The lowest BCUT2D eigenvalue weighted by Gasteiger charge is -2.16. The van der Waals surface area contributed by atoms with Gasteiger partial charge in [0, 0.05) is 17.1 Å². The van der Waals surface area contributed by atoms with Gasteiger partial charge in [-0.25, -0.2) is 12.6 Å². The molecule has 0 aliphatic heterocycles. The van der Waals surface area contributed by atoms with Gasteiger partial charge in [0.1, 0.15) is 26.9 Å². The molecule has 0 saturated carbocycles. The predicted octanol–water partition coefficient (Wildman–Crippen LogP) is 3.33. The van der Waals surface area contributed by atoms with E-state index < -0.39 is 127 Å². The van der Waals surface area contributed by atoms with Crippen molar-refractivity contribution in [2.75, 3.05) is 23.0 Å². The first kappa shape index (κ1) is 42.9. The van der Waals surface area contributed by atoms with Crippen LogP contribution in [0.3, 0.4) is 0 Å². The molecular formula is C27H22ClN7O17S5. The molecule has 1 heterocycles. The first-order chi connectivity index (χ1) is 26.2. The maximum Gasteiger partial charge on any atom is 0.397 e. The Morgan fingerprint density at radius 3 is 1.93 bits per heavy atom. The van der Waals surface area contributed by atoms with Crippen molar-refractivity contribution < 1.29 is 74.7 Å². The number of hydrogen-bond donors (Lipinski definition) is 8. The number of rotatable bonds is 14. The summed E-state index contributed by atoms with van der Waals surface area (Å²) >= 11 is 6.05. The van der Waals surface area contributed by atoms with E-state index in [4.69, 9.17) is 16.2 Å². The Balaban J connectivity index is 1.61. The van der Waals surface area contributed by atoms with Crippen molar-refractivity contribution in [1.82, 2.24) is 15.0 Å². The largest absolute Gasteiger partial charge is 0.506 e. The molecule has 0 fully saturated rings. The van der Waals surface area contributed by atoms with Crippen molar-refractivity contribution >= 4 is 108 Å². The molecule has 0 saturated heterocycles. The van der Waals surface area contributed by atoms with Gasteiger partial charge in [-0.15, -0.1) is 10.2 Å². The number of phenols is 2. The van der Waals surface area contributed by atoms with Crippen LogP contribution in [-0.4, -0.2) is 97.8 Å². The molecule has 24 nitrogen and oxygen atoms in total. The van der Waals surface area contributed by atoms with E-state index in [9.17, 15) is 66.0 Å². The topological polar surface area (TPSA) is 389 Å². The minimum Gasteiger partial charge on any atom is -0.506 e. The highest BCUT2D eigenvalue weighted by molar-refractivity contribution is 7.91. The lowest BCUT2D eigenvalue weighted by molar-refractivity contribution is 0.284. The summed E-state index contributed by atoms with van der Waals surface area (Å²) in [4.78, 5) is 8.41. The number of benzene rings is 4. The molecule has 0 spiro atoms. The van der Waals surface area contributed by atoms with Gasteiger partial charge >= 0.3 is 10.4 Å². The minimum absolute atomic E-state index is 0.0410. The number of aromatic nitrogens is 3. The van der Waals surface area contributed by atoms with Gasteiger partial charge in [0.25, 0.3) is 30.4 Å². The molecule has 304 valence electrons. The van der Waals surface area contributed by atoms with E-state index >= 15 is 0 Å². The van der Waals surface area contributed by atoms with Gasteiger partial charge in [0.15, 0.2) is 15.6 Å². The van der Waals surface area contributed by atoms with Crippen molar-refractivity contribution in [2.45, 2.75) is 19.6 Å². The fraction of sp³-hybridized carbons (Fsp3) is 0.0741. The second kappa shape index (κ2) is 15.6. The number of sulfone groups is 1. The van der Waals surface area contributed by atoms with E-state index in [0.717, 1.165) is 36.4 Å². The molecule has 5 rings (SSSR count). The first-order valence-corrected chi connectivity index (χ1v) is 22.3. The third-order valence-electron chi connectivity index (χ3n) is 7.12. The normalized spacial score (nSPS) is 12.9. The number of hydrogen-bond acceptors (Lipinski definition) is 20. The zero-order chi connectivity index (χ0) is 42.3. The summed E-state index contributed by atoms with van der Waals surface area (Å²) in [5.41, 5.74) is -1.96. The van der Waals surface area contributed by atoms with Gasteiger partial charge in [-0.05, 0) is 60.1 Å². The highest BCUT2D eigenvalue weighted by atomic mass is 35.5. The number of nitrogens with one attached hydrogen (secondary N) is 2. The average molecular weight is 912 g/mol. The fourth-order valence-electron chi connectivity index (χ4n) is 4.75. The number of fused-ring (bicyclic) bond motifs is 1. The Bertz CT molecular complexity index is 3060. The number of halogens is 1. The Morgan fingerprint density at radius 2 is 1.33 bits per heavy atom. The summed E-state index contributed by atoms with van der Waals surface area (Å²) in [5, 5.41) is 32.5. The molecular weight excluding hydrogens is 890 g/mol. The van der Waals surface area contributed by atoms with Gasteiger partial charge in [-0.1, -0.05) is 6.07 Å². The van der Waals surface area contributed by atoms with Crippen LogP contribution in [0.25, 0.3) is 10.8 Å². The van der Waals surface area contributed by atoms with Crippen molar-refractivity contribution in [2.24, 2.45) is 10.2 Å². The predicted molar refractivity (Wildman–Crippen MR) is 195 cm³/mol. The van der Waals surface area contributed by atoms with Gasteiger partial charge in [-0.3, -0.25) is 18.2 Å². The molecule has 0 radical (unpaired) electrons. The summed E-state index contributed by atoms with van der Waals surface area (Å²) < 4.78 is 161. The maximum atomic E-state index is 12.5. The molecule has 4 aromatic carbocycles. The van der Waals surface area contributed by atoms with Crippen LogP contribution in [0.1, 0.15) is 0 Å². The van der Waals surface area contributed by atoms with Crippen LogP contribution in [0.2, 0.25) is 5.28 Å². The standard InChI is InChI=1S/C27H22ClN7O17S5/c28-25-31-26(29-13-2-1-3-15(10-13)54(40,41)42)33-27(32-25)30-18-6-7-20(55(43,44)45)16-12-21(56(46,47)48)23(24(37)22(16)18)35-34-17-5-4-14(11-19(17)36)53(38,39)9-8-52-57(49,50)51/h1-7,10-12,36-37H,8-9H2,(H,40,41,42)(H,43,44,45)(H,46,47,48)(H,49,50,51)(H2,29,30,31,32,33)/b35-34+. The van der Waals surface area contributed by atoms with Gasteiger partial charge in [-0.2, -0.15) is 48.6 Å². The van der Waals surface area contributed by atoms with Gasteiger partial charge < -0.3 is 20.8 Å². The molecule has 0 bridgehead atoms. The van der Waals surface area contributed by atoms with Crippen molar-refractivity contribution in [3.8, 4) is 11.5 Å². The lowest BCUT2D eigenvalue weighted by Crippen LogP contribution is -2.15. The zero-order valence-electron chi connectivity index (χ0n) is 27.5. The monoisotopic (exact) mass is 911 g/mol. The third kappa shape index (κ3) is 10.4. The number of anilines is 4. The molecule has 57 heavy (non-hydrogen) atoms. The van der Waals surface area contributed by atoms with E-state index in [-0.39, 0.29) is 17.3 Å². The quantitative estimate of drug-likeness (QED) is 0.0585. The number of phenolic OH excluding ortho intramolecular Hbond substituents is 2. The third-order valence-corrected chi connectivity index (χ3v) is 12.1. The molecule has 1 aromatic heterocycles. The Hall–Kier alpha value is -5.21. The molecule has 0 unspecified atom stereocenters. The van der Waals surface area contributed by atoms with Gasteiger partial charge in [0.05, 0.1) is 33.2 Å². The lowest BCUT2D eigenvalue weighted by atomic mass is 10.1. The fourth-order valence-corrected chi connectivity index (χ4v) is 8.27. The molecule has 0 aliphatic rings. The van der Waals surface area contributed by atoms with E-state index in [1.54, 1.807) is 0 Å². The minimum atomic E-state index is -5.43. The van der Waals surface area contributed by atoms with Crippen LogP contribution in [0.5, 0.6) is 11.5 Å². The van der Waals surface area contributed by atoms with Gasteiger partial charge in [0.2, 0.25) is 17.2 Å². The van der Waals surface area contributed by atoms with Crippen molar-refractivity contribution in [3.63, 3.8) is 0 Å². The summed E-state index contributed by atoms with van der Waals surface area (Å²) in [5.74, 6) is -3.90. The number of azo groups is 1. The van der Waals surface area contributed by atoms with Crippen LogP contribution in [0, 0.1) is 0 Å². The van der Waals surface area contributed by atoms with Crippen LogP contribution >= 0.6 is 11.6 Å². The summed E-state index contributed by atoms with van der Waals surface area (Å²) in [7, 11) is -24.5. The van der Waals surface area contributed by atoms with E-state index in [1.807, 2.05) is 0 Å². The highest BCUT2D eigenvalue weighted by Gasteiger charge is 2.28. The highest BCUT2D eigenvalue weighted by Crippen LogP contribution is 2.47. The Morgan fingerprint density at radius 1 is 0.684 bits per heavy atom. The van der Waals surface area contributed by atoms with E-state index in [0.29, 0.717) is 12.1 Å². The molecule has 0 atom stereocenters.